The largest absolute Gasteiger partial charge is 0.507 e. The minimum atomic E-state index is -0.890. The van der Waals surface area contributed by atoms with Crippen molar-refractivity contribution in [1.82, 2.24) is 0 Å². The number of hydrogen-bond acceptors (Lipinski definition) is 6. The number of carbonyl (C=O) groups is 2. The highest BCUT2D eigenvalue weighted by atomic mass is 35.5. The minimum absolute atomic E-state index is 0.0410. The van der Waals surface area contributed by atoms with Crippen molar-refractivity contribution in [3.8, 4) is 17.2 Å². The molecule has 1 atom stereocenters. The van der Waals surface area contributed by atoms with E-state index >= 15 is 0 Å². The van der Waals surface area contributed by atoms with Gasteiger partial charge in [0, 0.05) is 17.3 Å². The monoisotopic (exact) mass is 521 g/mol. The number of aliphatic hydroxyl groups is 1. The summed E-state index contributed by atoms with van der Waals surface area (Å²) in [5.41, 5.74) is 1.37. The number of hydrogen-bond donors (Lipinski definition) is 1. The molecule has 7 nitrogen and oxygen atoms in total. The predicted octanol–water partition coefficient (Wildman–Crippen LogP) is 6.16. The second-order valence-corrected chi connectivity index (χ2v) is 8.59. The number of Topliss-reactive ketones (excluding diaryl/α,β-unsaturated/α-hetero) is 1. The number of anilines is 1. The van der Waals surface area contributed by atoms with Crippen LogP contribution < -0.4 is 19.1 Å². The molecule has 1 saturated heterocycles. The Bertz CT molecular complexity index is 1330. The van der Waals surface area contributed by atoms with Crippen molar-refractivity contribution in [3.63, 3.8) is 0 Å². The van der Waals surface area contributed by atoms with Gasteiger partial charge in [-0.3, -0.25) is 14.5 Å². The SMILES string of the molecule is CCOc1ccc(C2/C(=C(\O)c3ccc(Cl)c(OCC)c3)C(=O)C(=O)N2c2cccc(OCC)c2)cc1. The normalized spacial score (nSPS) is 16.6. The predicted molar refractivity (Wildman–Crippen MR) is 143 cm³/mol. The average molecular weight is 522 g/mol. The van der Waals surface area contributed by atoms with E-state index in [1.54, 1.807) is 66.7 Å². The molecular weight excluding hydrogens is 494 g/mol. The Morgan fingerprint density at radius 3 is 2.22 bits per heavy atom. The van der Waals surface area contributed by atoms with Crippen molar-refractivity contribution < 1.29 is 28.9 Å². The number of ketones is 1. The lowest BCUT2D eigenvalue weighted by Gasteiger charge is -2.26. The second kappa shape index (κ2) is 11.4. The summed E-state index contributed by atoms with van der Waals surface area (Å²) >= 11 is 6.22. The van der Waals surface area contributed by atoms with Gasteiger partial charge in [-0.25, -0.2) is 0 Å². The van der Waals surface area contributed by atoms with E-state index in [0.29, 0.717) is 58.9 Å². The molecule has 1 aliphatic heterocycles. The summed E-state index contributed by atoms with van der Waals surface area (Å²) in [4.78, 5) is 28.2. The number of benzene rings is 3. The molecule has 0 saturated carbocycles. The first-order valence-corrected chi connectivity index (χ1v) is 12.5. The molecule has 1 heterocycles. The van der Waals surface area contributed by atoms with E-state index in [1.807, 2.05) is 20.8 Å². The maximum absolute atomic E-state index is 13.4. The molecule has 1 fully saturated rings. The van der Waals surface area contributed by atoms with Crippen molar-refractivity contribution in [3.05, 3.63) is 88.5 Å². The fourth-order valence-electron chi connectivity index (χ4n) is 4.29. The lowest BCUT2D eigenvalue weighted by molar-refractivity contribution is -0.132. The van der Waals surface area contributed by atoms with Gasteiger partial charge in [0.15, 0.2) is 0 Å². The Kier molecular flexibility index (Phi) is 8.04. The van der Waals surface area contributed by atoms with E-state index < -0.39 is 17.7 Å². The molecule has 1 N–H and O–H groups in total. The number of carbonyl (C=O) groups excluding carboxylic acids is 2. The molecular formula is C29H28ClNO6. The number of halogens is 1. The van der Waals surface area contributed by atoms with E-state index in [2.05, 4.69) is 0 Å². The van der Waals surface area contributed by atoms with Crippen LogP contribution in [0.25, 0.3) is 5.76 Å². The van der Waals surface area contributed by atoms with Crippen LogP contribution in [0.5, 0.6) is 17.2 Å². The van der Waals surface area contributed by atoms with Crippen LogP contribution in [0, 0.1) is 0 Å². The maximum atomic E-state index is 13.4. The Morgan fingerprint density at radius 1 is 0.865 bits per heavy atom. The van der Waals surface area contributed by atoms with Crippen LogP contribution in [-0.2, 0) is 9.59 Å². The number of nitrogens with zero attached hydrogens (tertiary/aromatic N) is 1. The van der Waals surface area contributed by atoms with Gasteiger partial charge in [-0.05, 0) is 68.8 Å². The highest BCUT2D eigenvalue weighted by Crippen LogP contribution is 2.43. The smallest absolute Gasteiger partial charge is 0.300 e. The van der Waals surface area contributed by atoms with Crippen LogP contribution in [0.4, 0.5) is 5.69 Å². The van der Waals surface area contributed by atoms with E-state index in [9.17, 15) is 14.7 Å². The third kappa shape index (κ3) is 5.27. The second-order valence-electron chi connectivity index (χ2n) is 8.18. The zero-order chi connectivity index (χ0) is 26.5. The van der Waals surface area contributed by atoms with Crippen LogP contribution >= 0.6 is 11.6 Å². The van der Waals surface area contributed by atoms with Crippen molar-refractivity contribution in [2.75, 3.05) is 24.7 Å². The average Bonchev–Trinajstić information content (AvgIpc) is 3.16. The van der Waals surface area contributed by atoms with Gasteiger partial charge in [-0.1, -0.05) is 29.8 Å². The van der Waals surface area contributed by atoms with E-state index in [4.69, 9.17) is 25.8 Å². The van der Waals surface area contributed by atoms with Gasteiger partial charge in [0.05, 0.1) is 36.5 Å². The van der Waals surface area contributed by atoms with Gasteiger partial charge < -0.3 is 19.3 Å². The number of amides is 1. The molecule has 8 heteroatoms. The van der Waals surface area contributed by atoms with Gasteiger partial charge in [-0.15, -0.1) is 0 Å². The van der Waals surface area contributed by atoms with Gasteiger partial charge in [0.25, 0.3) is 11.7 Å². The molecule has 1 aliphatic rings. The number of ether oxygens (including phenoxy) is 3. The van der Waals surface area contributed by atoms with Crippen molar-refractivity contribution in [2.45, 2.75) is 26.8 Å². The molecule has 0 radical (unpaired) electrons. The van der Waals surface area contributed by atoms with E-state index in [-0.39, 0.29) is 11.3 Å². The first-order chi connectivity index (χ1) is 17.9. The fraction of sp³-hybridized carbons (Fsp3) is 0.241. The van der Waals surface area contributed by atoms with Crippen molar-refractivity contribution in [1.29, 1.82) is 0 Å². The quantitative estimate of drug-likeness (QED) is 0.206. The molecule has 0 aliphatic carbocycles. The Balaban J connectivity index is 1.90. The lowest BCUT2D eigenvalue weighted by atomic mass is 9.95. The summed E-state index contributed by atoms with van der Waals surface area (Å²) in [6.07, 6.45) is 0. The summed E-state index contributed by atoms with van der Waals surface area (Å²) in [5.74, 6) is -0.297. The molecule has 3 aromatic carbocycles. The van der Waals surface area contributed by atoms with Crippen molar-refractivity contribution >= 4 is 34.7 Å². The minimum Gasteiger partial charge on any atom is -0.507 e. The summed E-state index contributed by atoms with van der Waals surface area (Å²) in [7, 11) is 0. The molecule has 0 bridgehead atoms. The van der Waals surface area contributed by atoms with Gasteiger partial charge >= 0.3 is 0 Å². The zero-order valence-electron chi connectivity index (χ0n) is 20.9. The molecule has 0 aromatic heterocycles. The van der Waals surface area contributed by atoms with Gasteiger partial charge in [-0.2, -0.15) is 0 Å². The Morgan fingerprint density at radius 2 is 1.54 bits per heavy atom. The summed E-state index contributed by atoms with van der Waals surface area (Å²) in [6.45, 7) is 6.88. The molecule has 3 aromatic rings. The highest BCUT2D eigenvalue weighted by molar-refractivity contribution is 6.51. The van der Waals surface area contributed by atoms with Crippen LogP contribution in [0.3, 0.4) is 0 Å². The molecule has 0 spiro atoms. The molecule has 192 valence electrons. The number of aliphatic hydroxyl groups excluding tert-OH is 1. The summed E-state index contributed by atoms with van der Waals surface area (Å²) < 4.78 is 16.7. The maximum Gasteiger partial charge on any atom is 0.300 e. The highest BCUT2D eigenvalue weighted by Gasteiger charge is 2.47. The van der Waals surface area contributed by atoms with Crippen molar-refractivity contribution in [2.24, 2.45) is 0 Å². The summed E-state index contributed by atoms with van der Waals surface area (Å²) in [6, 6.07) is 17.9. The molecule has 1 amide bonds. The third-order valence-electron chi connectivity index (χ3n) is 5.86. The van der Waals surface area contributed by atoms with Crippen LogP contribution in [-0.4, -0.2) is 36.6 Å². The molecule has 1 unspecified atom stereocenters. The van der Waals surface area contributed by atoms with E-state index in [0.717, 1.165) is 0 Å². The van der Waals surface area contributed by atoms with E-state index in [1.165, 1.54) is 4.90 Å². The number of rotatable bonds is 9. The van der Waals surface area contributed by atoms with Crippen LogP contribution in [0.1, 0.15) is 37.9 Å². The molecule has 4 rings (SSSR count). The summed E-state index contributed by atoms with van der Waals surface area (Å²) in [5, 5.41) is 11.8. The first-order valence-electron chi connectivity index (χ1n) is 12.1. The standard InChI is InChI=1S/C29H28ClNO6/c1-4-35-21-13-10-18(11-14-21)26-25(27(32)19-12-15-23(30)24(16-19)37-6-3)28(33)29(34)31(26)20-8-7-9-22(17-20)36-5-2/h7-17,26,32H,4-6H2,1-3H3/b27-25+. The first kappa shape index (κ1) is 26.1. The van der Waals surface area contributed by atoms with Crippen LogP contribution in [0.2, 0.25) is 5.02 Å². The topological polar surface area (TPSA) is 85.3 Å². The van der Waals surface area contributed by atoms with Gasteiger partial charge in [0.2, 0.25) is 0 Å². The Labute approximate surface area is 220 Å². The third-order valence-corrected chi connectivity index (χ3v) is 6.17. The van der Waals surface area contributed by atoms with Crippen LogP contribution in [0.15, 0.2) is 72.3 Å². The Hall–Kier alpha value is -3.97. The lowest BCUT2D eigenvalue weighted by Crippen LogP contribution is -2.29. The molecule has 37 heavy (non-hydrogen) atoms. The van der Waals surface area contributed by atoms with Gasteiger partial charge in [0.1, 0.15) is 23.0 Å². The zero-order valence-corrected chi connectivity index (χ0v) is 21.6. The fourth-order valence-corrected chi connectivity index (χ4v) is 4.46.